The molecule has 4 rings (SSSR count). The van der Waals surface area contributed by atoms with Crippen molar-refractivity contribution in [3.63, 3.8) is 0 Å². The van der Waals surface area contributed by atoms with Crippen LogP contribution in [0.4, 0.5) is 14.9 Å². The number of halogens is 1. The van der Waals surface area contributed by atoms with Crippen molar-refractivity contribution in [2.75, 3.05) is 44.7 Å². The fraction of sp³-hybridized carbons (Fsp3) is 0.550. The molecule has 2 unspecified atom stereocenters. The number of ether oxygens (including phenoxy) is 1. The van der Waals surface area contributed by atoms with Crippen LogP contribution >= 0.6 is 0 Å². The van der Waals surface area contributed by atoms with Gasteiger partial charge in [0, 0.05) is 51.8 Å². The lowest BCUT2D eigenvalue weighted by atomic mass is 10.0. The minimum absolute atomic E-state index is 0.0839. The summed E-state index contributed by atoms with van der Waals surface area (Å²) in [6.45, 7) is 3.99. The van der Waals surface area contributed by atoms with Gasteiger partial charge in [0.1, 0.15) is 5.82 Å². The number of likely N-dealkylation sites (tertiary alicyclic amines) is 1. The maximum absolute atomic E-state index is 14.9. The van der Waals surface area contributed by atoms with E-state index in [0.29, 0.717) is 24.3 Å². The van der Waals surface area contributed by atoms with Gasteiger partial charge in [0.15, 0.2) is 6.23 Å². The van der Waals surface area contributed by atoms with E-state index >= 15 is 0 Å². The molecule has 1 aromatic rings. The summed E-state index contributed by atoms with van der Waals surface area (Å²) in [5.41, 5.74) is 0.835. The molecule has 3 heterocycles. The van der Waals surface area contributed by atoms with Gasteiger partial charge in [-0.1, -0.05) is 6.07 Å². The summed E-state index contributed by atoms with van der Waals surface area (Å²) in [7, 11) is 1.55. The van der Waals surface area contributed by atoms with Gasteiger partial charge in [0.05, 0.1) is 18.3 Å². The molecule has 1 aromatic carbocycles. The number of benzene rings is 1. The zero-order chi connectivity index (χ0) is 21.4. The van der Waals surface area contributed by atoms with Crippen molar-refractivity contribution in [1.29, 1.82) is 0 Å². The zero-order valence-electron chi connectivity index (χ0n) is 17.1. The molecule has 3 saturated heterocycles. The largest absolute Gasteiger partial charge is 0.423 e. The predicted molar refractivity (Wildman–Crippen MR) is 106 cm³/mol. The van der Waals surface area contributed by atoms with Crippen molar-refractivity contribution in [3.05, 3.63) is 29.6 Å². The second-order valence-corrected chi connectivity index (χ2v) is 7.89. The Labute approximate surface area is 174 Å². The number of carbonyl (C=O) groups excluding carboxylic acids is 3. The highest BCUT2D eigenvalue weighted by molar-refractivity contribution is 5.90. The normalized spacial score (nSPS) is 26.2. The number of hydrogen-bond acceptors (Lipinski definition) is 6. The molecular formula is C20H26FN5O4. The van der Waals surface area contributed by atoms with Gasteiger partial charge < -0.3 is 25.2 Å². The molecule has 10 heteroatoms. The van der Waals surface area contributed by atoms with Crippen LogP contribution in [0.5, 0.6) is 0 Å². The summed E-state index contributed by atoms with van der Waals surface area (Å²) in [6.07, 6.45) is -0.282. The fourth-order valence-electron chi connectivity index (χ4n) is 3.85. The van der Waals surface area contributed by atoms with Crippen LogP contribution in [-0.2, 0) is 14.3 Å². The number of cyclic esters (lactones) is 1. The molecule has 0 spiro atoms. The second-order valence-electron chi connectivity index (χ2n) is 7.89. The molecule has 3 amide bonds. The summed E-state index contributed by atoms with van der Waals surface area (Å²) in [5.74, 6) is -0.589. The van der Waals surface area contributed by atoms with E-state index in [4.69, 9.17) is 4.74 Å². The van der Waals surface area contributed by atoms with E-state index in [1.807, 2.05) is 4.90 Å². The van der Waals surface area contributed by atoms with E-state index in [-0.39, 0.29) is 30.4 Å². The summed E-state index contributed by atoms with van der Waals surface area (Å²) >= 11 is 0. The van der Waals surface area contributed by atoms with Gasteiger partial charge in [-0.2, -0.15) is 0 Å². The van der Waals surface area contributed by atoms with E-state index in [1.165, 1.54) is 22.8 Å². The molecular weight excluding hydrogens is 393 g/mol. The maximum Gasteiger partial charge on any atom is 0.416 e. The smallest absolute Gasteiger partial charge is 0.416 e. The Balaban J connectivity index is 1.40. The van der Waals surface area contributed by atoms with E-state index in [0.717, 1.165) is 19.5 Å². The molecule has 9 nitrogen and oxygen atoms in total. The lowest BCUT2D eigenvalue weighted by Crippen LogP contribution is -2.59. The van der Waals surface area contributed by atoms with Gasteiger partial charge in [-0.25, -0.2) is 9.18 Å². The maximum atomic E-state index is 14.9. The second kappa shape index (κ2) is 8.19. The highest BCUT2D eigenvalue weighted by atomic mass is 19.1. The fourth-order valence-corrected chi connectivity index (χ4v) is 3.85. The van der Waals surface area contributed by atoms with Crippen LogP contribution in [0.2, 0.25) is 0 Å². The van der Waals surface area contributed by atoms with E-state index < -0.39 is 18.1 Å². The summed E-state index contributed by atoms with van der Waals surface area (Å²) in [6, 6.07) is 4.03. The van der Waals surface area contributed by atoms with Gasteiger partial charge in [0.2, 0.25) is 11.8 Å². The molecule has 0 aliphatic carbocycles. The Morgan fingerprint density at radius 2 is 2.00 bits per heavy atom. The molecule has 162 valence electrons. The Morgan fingerprint density at radius 3 is 2.57 bits per heavy atom. The van der Waals surface area contributed by atoms with E-state index in [1.54, 1.807) is 19.2 Å². The minimum atomic E-state index is -0.706. The third-order valence-corrected chi connectivity index (χ3v) is 6.00. The van der Waals surface area contributed by atoms with Gasteiger partial charge >= 0.3 is 6.09 Å². The van der Waals surface area contributed by atoms with Crippen LogP contribution in [0.25, 0.3) is 0 Å². The van der Waals surface area contributed by atoms with Crippen molar-refractivity contribution in [2.24, 2.45) is 0 Å². The molecule has 0 aromatic heterocycles. The van der Waals surface area contributed by atoms with Gasteiger partial charge in [0.25, 0.3) is 0 Å². The molecule has 30 heavy (non-hydrogen) atoms. The molecule has 0 saturated carbocycles. The number of anilines is 1. The number of likely N-dealkylation sites (N-methyl/N-ethyl adjacent to an activating group) is 1. The molecule has 3 aliphatic heterocycles. The summed E-state index contributed by atoms with van der Waals surface area (Å²) in [4.78, 5) is 40.4. The van der Waals surface area contributed by atoms with Crippen LogP contribution in [-0.4, -0.2) is 79.7 Å². The van der Waals surface area contributed by atoms with Crippen LogP contribution < -0.4 is 15.5 Å². The third kappa shape index (κ3) is 3.84. The lowest BCUT2D eigenvalue weighted by molar-refractivity contribution is -0.137. The molecule has 3 aliphatic rings. The first kappa shape index (κ1) is 20.5. The zero-order valence-corrected chi connectivity index (χ0v) is 17.1. The number of rotatable bonds is 4. The third-order valence-electron chi connectivity index (χ3n) is 6.00. The number of amides is 3. The van der Waals surface area contributed by atoms with E-state index in [9.17, 15) is 18.8 Å². The Morgan fingerprint density at radius 1 is 1.23 bits per heavy atom. The number of piperazine rings is 1. The van der Waals surface area contributed by atoms with Gasteiger partial charge in [-0.05, 0) is 18.6 Å². The van der Waals surface area contributed by atoms with Crippen LogP contribution in [0, 0.1) is 5.82 Å². The first-order valence-corrected chi connectivity index (χ1v) is 10.1. The first-order valence-electron chi connectivity index (χ1n) is 10.1. The highest BCUT2D eigenvalue weighted by Crippen LogP contribution is 2.28. The van der Waals surface area contributed by atoms with Crippen molar-refractivity contribution in [3.8, 4) is 0 Å². The predicted octanol–water partition coefficient (Wildman–Crippen LogP) is 0.421. The molecule has 0 radical (unpaired) electrons. The van der Waals surface area contributed by atoms with Gasteiger partial charge in [-0.15, -0.1) is 0 Å². The summed E-state index contributed by atoms with van der Waals surface area (Å²) in [5, 5.41) is 6.45. The minimum Gasteiger partial charge on any atom is -0.423 e. The number of nitrogens with one attached hydrogen (secondary N) is 2. The van der Waals surface area contributed by atoms with Gasteiger partial charge in [-0.3, -0.25) is 14.5 Å². The average molecular weight is 419 g/mol. The molecule has 3 fully saturated rings. The number of hydrogen-bond donors (Lipinski definition) is 2. The highest BCUT2D eigenvalue weighted by Gasteiger charge is 2.37. The number of nitrogens with zero attached hydrogens (tertiary/aromatic N) is 3. The molecule has 2 N–H and O–H groups in total. The standard InChI is InChI=1S/C20H26FN5O4/c1-12(27)24(2)18-11-26(20(29)30-18)13-4-5-14(15(21)8-13)16-9-23-17(10-22-16)19(28)25-6-3-7-25/h4-5,8,16-18,22-23H,3,6-7,9-11H2,1-2H3/t16?,17?,18-/m0/s1. The van der Waals surface area contributed by atoms with Crippen LogP contribution in [0.3, 0.4) is 0 Å². The SMILES string of the molecule is CC(=O)N(C)[C@@H]1CN(c2ccc(C3CNC(C(=O)N4CCC4)CN3)c(F)c2)C(=O)O1. The summed E-state index contributed by atoms with van der Waals surface area (Å²) < 4.78 is 20.1. The van der Waals surface area contributed by atoms with Crippen molar-refractivity contribution >= 4 is 23.6 Å². The molecule has 0 bridgehead atoms. The lowest BCUT2D eigenvalue weighted by Gasteiger charge is -2.37. The topological polar surface area (TPSA) is 94.2 Å². The average Bonchev–Trinajstić information content (AvgIpc) is 3.07. The first-order chi connectivity index (χ1) is 14.3. The van der Waals surface area contributed by atoms with E-state index in [2.05, 4.69) is 10.6 Å². The van der Waals surface area contributed by atoms with Crippen molar-refractivity contribution < 1.29 is 23.5 Å². The van der Waals surface area contributed by atoms with Crippen molar-refractivity contribution in [2.45, 2.75) is 31.7 Å². The van der Waals surface area contributed by atoms with Crippen LogP contribution in [0.1, 0.15) is 24.9 Å². The van der Waals surface area contributed by atoms with Crippen molar-refractivity contribution in [1.82, 2.24) is 20.4 Å². The van der Waals surface area contributed by atoms with Crippen LogP contribution in [0.15, 0.2) is 18.2 Å². The Kier molecular flexibility index (Phi) is 5.61. The number of carbonyl (C=O) groups is 3. The quantitative estimate of drug-likeness (QED) is 0.735. The molecule has 3 atom stereocenters. The Bertz CT molecular complexity index is 854. The monoisotopic (exact) mass is 419 g/mol. The Hall–Kier alpha value is -2.72.